The summed E-state index contributed by atoms with van der Waals surface area (Å²) in [5.41, 5.74) is 1.56. The Bertz CT molecular complexity index is 502. The SMILES string of the molecule is O=C(NCc1ccc(COCC(F)(F)F)cc1)N1CCSCC1. The van der Waals surface area contributed by atoms with Crippen molar-refractivity contribution in [2.24, 2.45) is 0 Å². The van der Waals surface area contributed by atoms with Gasteiger partial charge in [0.2, 0.25) is 0 Å². The van der Waals surface area contributed by atoms with Crippen LogP contribution in [0.5, 0.6) is 0 Å². The molecule has 0 unspecified atom stereocenters. The van der Waals surface area contributed by atoms with Crippen molar-refractivity contribution in [3.05, 3.63) is 35.4 Å². The van der Waals surface area contributed by atoms with Gasteiger partial charge >= 0.3 is 12.2 Å². The fourth-order valence-corrected chi connectivity index (χ4v) is 3.00. The maximum Gasteiger partial charge on any atom is 0.411 e. The minimum Gasteiger partial charge on any atom is -0.367 e. The van der Waals surface area contributed by atoms with Crippen LogP contribution in [-0.4, -0.2) is 48.3 Å². The summed E-state index contributed by atoms with van der Waals surface area (Å²) in [4.78, 5) is 13.7. The van der Waals surface area contributed by atoms with Gasteiger partial charge in [0.1, 0.15) is 6.61 Å². The van der Waals surface area contributed by atoms with E-state index in [4.69, 9.17) is 0 Å². The van der Waals surface area contributed by atoms with E-state index in [2.05, 4.69) is 10.1 Å². The molecule has 1 aromatic rings. The quantitative estimate of drug-likeness (QED) is 0.889. The first-order chi connectivity index (χ1) is 10.9. The molecule has 2 amide bonds. The van der Waals surface area contributed by atoms with Crippen molar-refractivity contribution >= 4 is 17.8 Å². The van der Waals surface area contributed by atoms with Crippen LogP contribution in [0.1, 0.15) is 11.1 Å². The van der Waals surface area contributed by atoms with Gasteiger partial charge in [0.05, 0.1) is 6.61 Å². The summed E-state index contributed by atoms with van der Waals surface area (Å²) in [5.74, 6) is 1.92. The Labute approximate surface area is 137 Å². The van der Waals surface area contributed by atoms with Crippen LogP contribution in [0.4, 0.5) is 18.0 Å². The summed E-state index contributed by atoms with van der Waals surface area (Å²) in [7, 11) is 0. The molecule has 0 atom stereocenters. The number of ether oxygens (including phenoxy) is 1. The van der Waals surface area contributed by atoms with E-state index < -0.39 is 12.8 Å². The number of hydrogen-bond acceptors (Lipinski definition) is 3. The van der Waals surface area contributed by atoms with Crippen molar-refractivity contribution < 1.29 is 22.7 Å². The molecule has 1 N–H and O–H groups in total. The molecule has 1 fully saturated rings. The summed E-state index contributed by atoms with van der Waals surface area (Å²) in [6.45, 7) is 0.570. The maximum atomic E-state index is 12.0. The van der Waals surface area contributed by atoms with E-state index in [9.17, 15) is 18.0 Å². The summed E-state index contributed by atoms with van der Waals surface area (Å²) < 4.78 is 40.5. The lowest BCUT2D eigenvalue weighted by Gasteiger charge is -2.26. The molecule has 8 heteroatoms. The zero-order chi connectivity index (χ0) is 16.7. The second kappa shape index (κ2) is 8.44. The first-order valence-electron chi connectivity index (χ1n) is 7.27. The number of benzene rings is 1. The summed E-state index contributed by atoms with van der Waals surface area (Å²) in [6.07, 6.45) is -4.31. The van der Waals surface area contributed by atoms with Crippen LogP contribution in [0.2, 0.25) is 0 Å². The van der Waals surface area contributed by atoms with Crippen molar-refractivity contribution in [1.82, 2.24) is 10.2 Å². The molecule has 0 bridgehead atoms. The third kappa shape index (κ3) is 6.70. The van der Waals surface area contributed by atoms with E-state index in [1.807, 2.05) is 11.8 Å². The summed E-state index contributed by atoms with van der Waals surface area (Å²) in [6, 6.07) is 6.88. The van der Waals surface area contributed by atoms with E-state index in [-0.39, 0.29) is 12.6 Å². The van der Waals surface area contributed by atoms with Crippen molar-refractivity contribution in [1.29, 1.82) is 0 Å². The Kier molecular flexibility index (Phi) is 6.59. The van der Waals surface area contributed by atoms with Crippen molar-refractivity contribution in [3.8, 4) is 0 Å². The number of nitrogens with zero attached hydrogens (tertiary/aromatic N) is 1. The minimum absolute atomic E-state index is 0.0807. The Morgan fingerprint density at radius 1 is 1.17 bits per heavy atom. The molecule has 23 heavy (non-hydrogen) atoms. The molecule has 1 saturated heterocycles. The number of alkyl halides is 3. The highest BCUT2D eigenvalue weighted by atomic mass is 32.2. The van der Waals surface area contributed by atoms with Crippen LogP contribution in [0.3, 0.4) is 0 Å². The molecule has 1 aromatic carbocycles. The van der Waals surface area contributed by atoms with Gasteiger partial charge in [-0.25, -0.2) is 4.79 Å². The van der Waals surface area contributed by atoms with Gasteiger partial charge < -0.3 is 15.0 Å². The molecule has 0 spiro atoms. The number of halogens is 3. The molecule has 0 aliphatic carbocycles. The predicted molar refractivity (Wildman–Crippen MR) is 83.3 cm³/mol. The number of carbonyl (C=O) groups excluding carboxylic acids is 1. The van der Waals surface area contributed by atoms with Crippen LogP contribution in [-0.2, 0) is 17.9 Å². The molecule has 1 aliphatic rings. The third-order valence-electron chi connectivity index (χ3n) is 3.30. The van der Waals surface area contributed by atoms with Crippen LogP contribution in [0.25, 0.3) is 0 Å². The average Bonchev–Trinajstić information content (AvgIpc) is 2.53. The monoisotopic (exact) mass is 348 g/mol. The second-order valence-corrected chi connectivity index (χ2v) is 6.41. The topological polar surface area (TPSA) is 41.6 Å². The Balaban J connectivity index is 1.73. The fraction of sp³-hybridized carbons (Fsp3) is 0.533. The van der Waals surface area contributed by atoms with Gasteiger partial charge in [0.25, 0.3) is 0 Å². The van der Waals surface area contributed by atoms with Crippen LogP contribution in [0, 0.1) is 0 Å². The zero-order valence-corrected chi connectivity index (χ0v) is 13.4. The van der Waals surface area contributed by atoms with Crippen molar-refractivity contribution in [2.45, 2.75) is 19.3 Å². The minimum atomic E-state index is -4.31. The number of nitrogens with one attached hydrogen (secondary N) is 1. The van der Waals surface area contributed by atoms with Gasteiger partial charge in [-0.3, -0.25) is 0 Å². The molecule has 0 radical (unpaired) electrons. The molecule has 2 rings (SSSR count). The Morgan fingerprint density at radius 3 is 2.39 bits per heavy atom. The largest absolute Gasteiger partial charge is 0.411 e. The van der Waals surface area contributed by atoms with Crippen LogP contribution in [0.15, 0.2) is 24.3 Å². The van der Waals surface area contributed by atoms with E-state index >= 15 is 0 Å². The molecule has 4 nitrogen and oxygen atoms in total. The zero-order valence-electron chi connectivity index (χ0n) is 12.6. The molecular weight excluding hydrogens is 329 g/mol. The maximum absolute atomic E-state index is 12.0. The van der Waals surface area contributed by atoms with Crippen LogP contribution >= 0.6 is 11.8 Å². The number of urea groups is 1. The highest BCUT2D eigenvalue weighted by Gasteiger charge is 2.27. The van der Waals surface area contributed by atoms with Gasteiger partial charge in [-0.2, -0.15) is 24.9 Å². The smallest absolute Gasteiger partial charge is 0.367 e. The summed E-state index contributed by atoms with van der Waals surface area (Å²) >= 11 is 1.84. The Hall–Kier alpha value is -1.41. The van der Waals surface area contributed by atoms with Gasteiger partial charge in [-0.15, -0.1) is 0 Å². The number of hydrogen-bond donors (Lipinski definition) is 1. The predicted octanol–water partition coefficient (Wildman–Crippen LogP) is 3.02. The van der Waals surface area contributed by atoms with E-state index in [0.29, 0.717) is 12.1 Å². The highest BCUT2D eigenvalue weighted by molar-refractivity contribution is 7.99. The molecule has 128 valence electrons. The number of amides is 2. The van der Waals surface area contributed by atoms with E-state index in [1.54, 1.807) is 29.2 Å². The highest BCUT2D eigenvalue weighted by Crippen LogP contribution is 2.16. The molecule has 1 heterocycles. The molecule has 0 saturated carbocycles. The van der Waals surface area contributed by atoms with E-state index in [1.165, 1.54) is 0 Å². The van der Waals surface area contributed by atoms with Crippen molar-refractivity contribution in [3.63, 3.8) is 0 Å². The van der Waals surface area contributed by atoms with E-state index in [0.717, 1.165) is 30.2 Å². The van der Waals surface area contributed by atoms with Gasteiger partial charge in [0, 0.05) is 31.1 Å². The molecule has 0 aromatic heterocycles. The third-order valence-corrected chi connectivity index (χ3v) is 4.24. The van der Waals surface area contributed by atoms with Gasteiger partial charge in [-0.1, -0.05) is 24.3 Å². The van der Waals surface area contributed by atoms with Crippen LogP contribution < -0.4 is 5.32 Å². The second-order valence-electron chi connectivity index (χ2n) is 5.18. The molecular formula is C15H19F3N2O2S. The lowest BCUT2D eigenvalue weighted by atomic mass is 10.1. The van der Waals surface area contributed by atoms with Crippen molar-refractivity contribution in [2.75, 3.05) is 31.2 Å². The summed E-state index contributed by atoms with van der Waals surface area (Å²) in [5, 5.41) is 2.85. The number of carbonyl (C=O) groups is 1. The Morgan fingerprint density at radius 2 is 1.78 bits per heavy atom. The van der Waals surface area contributed by atoms with Gasteiger partial charge in [-0.05, 0) is 11.1 Å². The fourth-order valence-electron chi connectivity index (χ4n) is 2.09. The average molecular weight is 348 g/mol. The number of thioether (sulfide) groups is 1. The standard InChI is InChI=1S/C15H19F3N2O2S/c16-15(17,18)11-22-10-13-3-1-12(2-4-13)9-19-14(21)20-5-7-23-8-6-20/h1-4H,5-11H2,(H,19,21). The first kappa shape index (κ1) is 17.9. The first-order valence-corrected chi connectivity index (χ1v) is 8.42. The normalized spacial score (nSPS) is 15.5. The molecule has 1 aliphatic heterocycles. The number of rotatable bonds is 5. The lowest BCUT2D eigenvalue weighted by Crippen LogP contribution is -2.44. The van der Waals surface area contributed by atoms with Gasteiger partial charge in [0.15, 0.2) is 0 Å². The lowest BCUT2D eigenvalue weighted by molar-refractivity contribution is -0.176.